The van der Waals surface area contributed by atoms with E-state index in [4.69, 9.17) is 4.74 Å². The molecule has 0 aromatic heterocycles. The second-order valence-corrected chi connectivity index (χ2v) is 7.30. The minimum atomic E-state index is -0.0883. The number of hydrogen-bond acceptors (Lipinski definition) is 2. The minimum Gasteiger partial charge on any atom is -0.446 e. The number of nitrogens with zero attached hydrogens (tertiary/aromatic N) is 1. The van der Waals surface area contributed by atoms with E-state index in [9.17, 15) is 4.79 Å². The fourth-order valence-corrected chi connectivity index (χ4v) is 2.51. The first-order chi connectivity index (χ1) is 9.42. The predicted molar refractivity (Wildman–Crippen MR) is 83.9 cm³/mol. The van der Waals surface area contributed by atoms with Crippen LogP contribution < -0.4 is 0 Å². The van der Waals surface area contributed by atoms with Gasteiger partial charge < -0.3 is 9.64 Å². The Bertz CT molecular complexity index is 277. The van der Waals surface area contributed by atoms with E-state index in [1.54, 1.807) is 0 Å². The molecule has 0 aromatic rings. The van der Waals surface area contributed by atoms with Crippen molar-refractivity contribution < 1.29 is 9.53 Å². The lowest BCUT2D eigenvalue weighted by Crippen LogP contribution is -2.37. The summed E-state index contributed by atoms with van der Waals surface area (Å²) in [6.07, 6.45) is 9.06. The average molecular weight is 283 g/mol. The molecule has 0 heterocycles. The molecule has 0 aliphatic heterocycles. The van der Waals surface area contributed by atoms with Gasteiger partial charge >= 0.3 is 6.09 Å². The molecule has 0 unspecified atom stereocenters. The van der Waals surface area contributed by atoms with Gasteiger partial charge in [-0.3, -0.25) is 0 Å². The summed E-state index contributed by atoms with van der Waals surface area (Å²) in [4.78, 5) is 14.3. The van der Waals surface area contributed by atoms with Crippen molar-refractivity contribution in [3.63, 3.8) is 0 Å². The Morgan fingerprint density at radius 1 is 1.15 bits per heavy atom. The molecule has 1 aliphatic carbocycles. The number of carbonyl (C=O) groups is 1. The largest absolute Gasteiger partial charge is 0.446 e. The lowest BCUT2D eigenvalue weighted by atomic mass is 9.92. The zero-order valence-electron chi connectivity index (χ0n) is 13.9. The monoisotopic (exact) mass is 283 g/mol. The van der Waals surface area contributed by atoms with Crippen molar-refractivity contribution >= 4 is 6.09 Å². The van der Waals surface area contributed by atoms with Gasteiger partial charge in [-0.2, -0.15) is 0 Å². The van der Waals surface area contributed by atoms with Gasteiger partial charge in [-0.15, -0.1) is 0 Å². The van der Waals surface area contributed by atoms with Crippen molar-refractivity contribution in [3.8, 4) is 0 Å². The van der Waals surface area contributed by atoms with E-state index in [1.165, 1.54) is 19.3 Å². The molecule has 1 rings (SSSR count). The van der Waals surface area contributed by atoms with Crippen molar-refractivity contribution in [2.24, 2.45) is 5.41 Å². The van der Waals surface area contributed by atoms with Crippen molar-refractivity contribution in [2.45, 2.75) is 85.2 Å². The lowest BCUT2D eigenvalue weighted by molar-refractivity contribution is 0.0433. The van der Waals surface area contributed by atoms with E-state index in [-0.39, 0.29) is 17.6 Å². The van der Waals surface area contributed by atoms with E-state index in [2.05, 4.69) is 27.7 Å². The summed E-state index contributed by atoms with van der Waals surface area (Å²) < 4.78 is 5.70. The van der Waals surface area contributed by atoms with E-state index < -0.39 is 0 Å². The maximum atomic E-state index is 12.3. The SMILES string of the molecule is CCCCN(CCC(C)(C)C)C(=O)OC1CCCCC1. The highest BCUT2D eigenvalue weighted by atomic mass is 16.6. The smallest absolute Gasteiger partial charge is 0.410 e. The summed E-state index contributed by atoms with van der Waals surface area (Å²) >= 11 is 0. The molecule has 0 bridgehead atoms. The molecule has 0 saturated heterocycles. The van der Waals surface area contributed by atoms with Gasteiger partial charge in [-0.05, 0) is 43.9 Å². The molecule has 20 heavy (non-hydrogen) atoms. The standard InChI is InChI=1S/C17H33NO2/c1-5-6-13-18(14-12-17(2,3)4)16(19)20-15-10-8-7-9-11-15/h15H,5-14H2,1-4H3. The van der Waals surface area contributed by atoms with Gasteiger partial charge in [0.05, 0.1) is 0 Å². The van der Waals surface area contributed by atoms with Crippen LogP contribution in [-0.2, 0) is 4.74 Å². The first-order valence-corrected chi connectivity index (χ1v) is 8.38. The summed E-state index contributed by atoms with van der Waals surface area (Å²) in [6, 6.07) is 0. The normalized spacial score (nSPS) is 17.0. The Hall–Kier alpha value is -0.730. The molecule has 3 heteroatoms. The van der Waals surface area contributed by atoms with Crippen molar-refractivity contribution in [3.05, 3.63) is 0 Å². The molecular formula is C17H33NO2. The van der Waals surface area contributed by atoms with E-state index >= 15 is 0 Å². The lowest BCUT2D eigenvalue weighted by Gasteiger charge is -2.29. The number of carbonyl (C=O) groups excluding carboxylic acids is 1. The molecule has 118 valence electrons. The molecule has 1 aliphatic rings. The van der Waals surface area contributed by atoms with Gasteiger partial charge in [-0.25, -0.2) is 4.79 Å². The van der Waals surface area contributed by atoms with Crippen LogP contribution in [0.2, 0.25) is 0 Å². The second-order valence-electron chi connectivity index (χ2n) is 7.30. The van der Waals surface area contributed by atoms with Crippen molar-refractivity contribution in [2.75, 3.05) is 13.1 Å². The van der Waals surface area contributed by atoms with Gasteiger partial charge in [0.25, 0.3) is 0 Å². The molecule has 1 amide bonds. The molecule has 0 aromatic carbocycles. The number of rotatable bonds is 6. The summed E-state index contributed by atoms with van der Waals surface area (Å²) in [5, 5.41) is 0. The van der Waals surface area contributed by atoms with Crippen LogP contribution in [0.15, 0.2) is 0 Å². The Kier molecular flexibility index (Phi) is 7.39. The highest BCUT2D eigenvalue weighted by molar-refractivity contribution is 5.67. The van der Waals surface area contributed by atoms with Gasteiger partial charge in [0.1, 0.15) is 6.10 Å². The summed E-state index contributed by atoms with van der Waals surface area (Å²) in [5.74, 6) is 0. The molecule has 3 nitrogen and oxygen atoms in total. The van der Waals surface area contributed by atoms with E-state index in [0.717, 1.165) is 45.2 Å². The predicted octanol–water partition coefficient (Wildman–Crippen LogP) is 4.99. The first kappa shape index (κ1) is 17.3. The van der Waals surface area contributed by atoms with Crippen LogP contribution in [0.5, 0.6) is 0 Å². The maximum Gasteiger partial charge on any atom is 0.410 e. The molecule has 1 fully saturated rings. The van der Waals surface area contributed by atoms with Crippen LogP contribution in [0.1, 0.15) is 79.1 Å². The number of unbranched alkanes of at least 4 members (excludes halogenated alkanes) is 1. The molecule has 0 atom stereocenters. The third-order valence-electron chi connectivity index (χ3n) is 3.99. The van der Waals surface area contributed by atoms with Crippen LogP contribution in [0.25, 0.3) is 0 Å². The van der Waals surface area contributed by atoms with E-state index in [0.29, 0.717) is 0 Å². The summed E-state index contributed by atoms with van der Waals surface area (Å²) in [5.41, 5.74) is 0.260. The Labute approximate surface area is 125 Å². The molecule has 1 saturated carbocycles. The number of ether oxygens (including phenoxy) is 1. The van der Waals surface area contributed by atoms with Crippen molar-refractivity contribution in [1.29, 1.82) is 0 Å². The number of amides is 1. The van der Waals surface area contributed by atoms with Gasteiger partial charge in [-0.1, -0.05) is 40.5 Å². The second kappa shape index (κ2) is 8.53. The van der Waals surface area contributed by atoms with Gasteiger partial charge in [0, 0.05) is 13.1 Å². The molecular weight excluding hydrogens is 250 g/mol. The number of hydrogen-bond donors (Lipinski definition) is 0. The van der Waals surface area contributed by atoms with Crippen molar-refractivity contribution in [1.82, 2.24) is 4.90 Å². The zero-order chi connectivity index (χ0) is 15.0. The summed E-state index contributed by atoms with van der Waals surface area (Å²) in [6.45, 7) is 10.5. The Balaban J connectivity index is 2.45. The van der Waals surface area contributed by atoms with Crippen LogP contribution in [-0.4, -0.2) is 30.2 Å². The molecule has 0 radical (unpaired) electrons. The quantitative estimate of drug-likeness (QED) is 0.687. The Morgan fingerprint density at radius 3 is 2.35 bits per heavy atom. The van der Waals surface area contributed by atoms with Gasteiger partial charge in [0.2, 0.25) is 0 Å². The Morgan fingerprint density at radius 2 is 1.80 bits per heavy atom. The molecule has 0 N–H and O–H groups in total. The van der Waals surface area contributed by atoms with Gasteiger partial charge in [0.15, 0.2) is 0 Å². The minimum absolute atomic E-state index is 0.0883. The average Bonchev–Trinajstić information content (AvgIpc) is 2.38. The van der Waals surface area contributed by atoms with Crippen LogP contribution >= 0.6 is 0 Å². The highest BCUT2D eigenvalue weighted by Gasteiger charge is 2.23. The van der Waals surface area contributed by atoms with Crippen LogP contribution in [0.3, 0.4) is 0 Å². The topological polar surface area (TPSA) is 29.5 Å². The zero-order valence-corrected chi connectivity index (χ0v) is 13.9. The highest BCUT2D eigenvalue weighted by Crippen LogP contribution is 2.22. The summed E-state index contributed by atoms with van der Waals surface area (Å²) in [7, 11) is 0. The van der Waals surface area contributed by atoms with Crippen LogP contribution in [0, 0.1) is 5.41 Å². The first-order valence-electron chi connectivity index (χ1n) is 8.38. The molecule has 0 spiro atoms. The van der Waals surface area contributed by atoms with Crippen LogP contribution in [0.4, 0.5) is 4.79 Å². The fourth-order valence-electron chi connectivity index (χ4n) is 2.51. The maximum absolute atomic E-state index is 12.3. The van der Waals surface area contributed by atoms with E-state index in [1.807, 2.05) is 4.90 Å². The third-order valence-corrected chi connectivity index (χ3v) is 3.99. The fraction of sp³-hybridized carbons (Fsp3) is 0.941. The third kappa shape index (κ3) is 7.16.